The summed E-state index contributed by atoms with van der Waals surface area (Å²) in [4.78, 5) is 41.5. The van der Waals surface area contributed by atoms with E-state index >= 15 is 0 Å². The van der Waals surface area contributed by atoms with E-state index in [1.807, 2.05) is 31.2 Å². The Labute approximate surface area is 237 Å². The summed E-state index contributed by atoms with van der Waals surface area (Å²) < 4.78 is 6.62. The zero-order valence-electron chi connectivity index (χ0n) is 21.2. The van der Waals surface area contributed by atoms with E-state index in [1.54, 1.807) is 25.3 Å². The van der Waals surface area contributed by atoms with Crippen molar-refractivity contribution in [2.24, 2.45) is 0 Å². The first-order valence-corrected chi connectivity index (χ1v) is 11.8. The number of aryl methyl sites for hydroxylation is 2. The van der Waals surface area contributed by atoms with E-state index in [-0.39, 0.29) is 47.7 Å². The maximum atomic E-state index is 12.6. The molecular weight excluding hydrogens is 493 g/mol. The Morgan fingerprint density at radius 1 is 1.03 bits per heavy atom. The number of unbranched alkanes of at least 4 members (excludes halogenated alkanes) is 2. The quantitative estimate of drug-likeness (QED) is 0.297. The smallest absolute Gasteiger partial charge is 0.329 e. The standard InChI is InChI=1S/C26H30ClN3O5.Na/c1-17-13-24(34-3)20(14-21(17)27)10-5-4-8-12-28-25(32)16-29-26(33)23-15-19-9-6-7-11-22(19)30(23)35-18(2)31;/h6-7,9,11,13-15H,4-5,8,10,12,16H2,1-3H3,(H,28,32)(H,29,33);. The second kappa shape index (κ2) is 14.3. The summed E-state index contributed by atoms with van der Waals surface area (Å²) in [6.45, 7) is 3.53. The van der Waals surface area contributed by atoms with E-state index in [1.165, 1.54) is 11.7 Å². The largest absolute Gasteiger partial charge is 0.496 e. The van der Waals surface area contributed by atoms with Crippen LogP contribution in [0, 0.1) is 6.92 Å². The molecule has 0 aliphatic heterocycles. The van der Waals surface area contributed by atoms with Crippen molar-refractivity contribution in [3.8, 4) is 5.75 Å². The van der Waals surface area contributed by atoms with Crippen molar-refractivity contribution in [3.63, 3.8) is 0 Å². The van der Waals surface area contributed by atoms with Gasteiger partial charge in [-0.05, 0) is 61.6 Å². The molecule has 0 aliphatic carbocycles. The topological polar surface area (TPSA) is 98.7 Å². The second-order valence-corrected chi connectivity index (χ2v) is 8.63. The van der Waals surface area contributed by atoms with Crippen molar-refractivity contribution in [3.05, 3.63) is 64.3 Å². The van der Waals surface area contributed by atoms with E-state index in [0.717, 1.165) is 53.0 Å². The maximum absolute atomic E-state index is 12.6. The number of para-hydroxylation sites is 1. The Hall–Kier alpha value is -2.52. The zero-order valence-corrected chi connectivity index (χ0v) is 23.9. The Kier molecular flexibility index (Phi) is 11.8. The van der Waals surface area contributed by atoms with Crippen molar-refractivity contribution in [2.75, 3.05) is 20.2 Å². The molecule has 3 aromatic rings. The van der Waals surface area contributed by atoms with Gasteiger partial charge in [0.25, 0.3) is 5.91 Å². The van der Waals surface area contributed by atoms with E-state index < -0.39 is 11.9 Å². The number of hydrogen-bond acceptors (Lipinski definition) is 5. The molecule has 1 radical (unpaired) electrons. The summed E-state index contributed by atoms with van der Waals surface area (Å²) in [6, 6.07) is 12.7. The summed E-state index contributed by atoms with van der Waals surface area (Å²) in [5, 5.41) is 6.86. The predicted molar refractivity (Wildman–Crippen MR) is 141 cm³/mol. The third kappa shape index (κ3) is 8.00. The monoisotopic (exact) mass is 522 g/mol. The first kappa shape index (κ1) is 29.7. The molecule has 187 valence electrons. The molecule has 3 rings (SSSR count). The predicted octanol–water partition coefficient (Wildman–Crippen LogP) is 3.47. The van der Waals surface area contributed by atoms with Gasteiger partial charge < -0.3 is 20.2 Å². The van der Waals surface area contributed by atoms with Gasteiger partial charge in [0.05, 0.1) is 19.2 Å². The van der Waals surface area contributed by atoms with Crippen molar-refractivity contribution in [2.45, 2.75) is 39.5 Å². The molecule has 0 saturated heterocycles. The zero-order chi connectivity index (χ0) is 25.4. The Morgan fingerprint density at radius 3 is 2.50 bits per heavy atom. The average Bonchev–Trinajstić information content (AvgIpc) is 3.19. The van der Waals surface area contributed by atoms with E-state index in [4.69, 9.17) is 21.2 Å². The van der Waals surface area contributed by atoms with Gasteiger partial charge in [0.1, 0.15) is 11.4 Å². The molecule has 0 saturated carbocycles. The minimum Gasteiger partial charge on any atom is -0.496 e. The van der Waals surface area contributed by atoms with Gasteiger partial charge in [-0.3, -0.25) is 9.59 Å². The molecule has 2 amide bonds. The Balaban J connectivity index is 0.00000456. The summed E-state index contributed by atoms with van der Waals surface area (Å²) in [5.41, 5.74) is 2.78. The molecule has 10 heteroatoms. The van der Waals surface area contributed by atoms with Gasteiger partial charge in [-0.25, -0.2) is 4.79 Å². The van der Waals surface area contributed by atoms with Crippen LogP contribution in [0.1, 0.15) is 47.8 Å². The van der Waals surface area contributed by atoms with Crippen LogP contribution in [0.3, 0.4) is 0 Å². The second-order valence-electron chi connectivity index (χ2n) is 8.22. The number of nitrogens with one attached hydrogen (secondary N) is 2. The van der Waals surface area contributed by atoms with Crippen molar-refractivity contribution in [1.29, 1.82) is 0 Å². The van der Waals surface area contributed by atoms with E-state index in [2.05, 4.69) is 10.6 Å². The number of benzene rings is 2. The van der Waals surface area contributed by atoms with Crippen LogP contribution in [0.2, 0.25) is 5.02 Å². The number of nitrogens with zero attached hydrogens (tertiary/aromatic N) is 1. The number of carbonyl (C=O) groups excluding carboxylic acids is 3. The third-order valence-corrected chi connectivity index (χ3v) is 5.94. The SMILES string of the molecule is COc1cc(C)c(Cl)cc1CCCCCNC(=O)CNC(=O)c1cc2ccccc2n1OC(C)=O.[Na]. The number of aromatic nitrogens is 1. The van der Waals surface area contributed by atoms with Crippen LogP contribution in [-0.4, -0.2) is 72.3 Å². The average molecular weight is 523 g/mol. The number of ether oxygens (including phenoxy) is 1. The normalized spacial score (nSPS) is 10.4. The van der Waals surface area contributed by atoms with E-state index in [9.17, 15) is 14.4 Å². The third-order valence-electron chi connectivity index (χ3n) is 5.54. The molecule has 8 nitrogen and oxygen atoms in total. The molecule has 2 N–H and O–H groups in total. The van der Waals surface area contributed by atoms with Crippen LogP contribution in [0.5, 0.6) is 5.75 Å². The molecule has 36 heavy (non-hydrogen) atoms. The maximum Gasteiger partial charge on any atom is 0.329 e. The number of amides is 2. The van der Waals surface area contributed by atoms with E-state index in [0.29, 0.717) is 12.1 Å². The molecular formula is C26H30ClN3NaO5. The van der Waals surface area contributed by atoms with Crippen LogP contribution < -0.4 is 20.2 Å². The summed E-state index contributed by atoms with van der Waals surface area (Å²) in [7, 11) is 1.65. The van der Waals surface area contributed by atoms with Crippen LogP contribution in [0.15, 0.2) is 42.5 Å². The van der Waals surface area contributed by atoms with Gasteiger partial charge in [-0.15, -0.1) is 0 Å². The molecule has 1 aromatic heterocycles. The van der Waals surface area contributed by atoms with Gasteiger partial charge in [-0.2, -0.15) is 4.73 Å². The Morgan fingerprint density at radius 2 is 1.78 bits per heavy atom. The number of hydrogen-bond donors (Lipinski definition) is 2. The fourth-order valence-corrected chi connectivity index (χ4v) is 3.94. The van der Waals surface area contributed by atoms with Crippen LogP contribution in [0.25, 0.3) is 10.9 Å². The molecule has 0 atom stereocenters. The summed E-state index contributed by atoms with van der Waals surface area (Å²) >= 11 is 6.23. The fraction of sp³-hybridized carbons (Fsp3) is 0.346. The van der Waals surface area contributed by atoms with Crippen LogP contribution in [-0.2, 0) is 16.0 Å². The molecule has 0 unspecified atom stereocenters. The molecule has 0 aliphatic rings. The van der Waals surface area contributed by atoms with Gasteiger partial charge >= 0.3 is 5.97 Å². The summed E-state index contributed by atoms with van der Waals surface area (Å²) in [5.74, 6) is -0.519. The number of methoxy groups -OCH3 is 1. The summed E-state index contributed by atoms with van der Waals surface area (Å²) in [6.07, 6.45) is 3.50. The fourth-order valence-electron chi connectivity index (χ4n) is 3.76. The first-order valence-electron chi connectivity index (χ1n) is 11.5. The number of halogens is 1. The van der Waals surface area contributed by atoms with Gasteiger partial charge in [0.15, 0.2) is 0 Å². The number of carbonyl (C=O) groups is 3. The van der Waals surface area contributed by atoms with Crippen molar-refractivity contribution in [1.82, 2.24) is 15.4 Å². The number of fused-ring (bicyclic) bond motifs is 1. The minimum absolute atomic E-state index is 0. The van der Waals surface area contributed by atoms with Crippen LogP contribution in [0.4, 0.5) is 0 Å². The Bertz CT molecular complexity index is 1230. The molecule has 1 heterocycles. The van der Waals surface area contributed by atoms with Gasteiger partial charge in [-0.1, -0.05) is 36.2 Å². The molecule has 0 spiro atoms. The van der Waals surface area contributed by atoms with Crippen molar-refractivity contribution < 1.29 is 24.0 Å². The first-order chi connectivity index (χ1) is 16.8. The van der Waals surface area contributed by atoms with Crippen LogP contribution >= 0.6 is 11.6 Å². The van der Waals surface area contributed by atoms with Crippen molar-refractivity contribution >= 4 is 69.8 Å². The molecule has 0 bridgehead atoms. The minimum atomic E-state index is -0.554. The van der Waals surface area contributed by atoms with Gasteiger partial charge in [0, 0.05) is 53.4 Å². The van der Waals surface area contributed by atoms with Gasteiger partial charge in [0.2, 0.25) is 5.91 Å². The number of rotatable bonds is 11. The molecule has 2 aromatic carbocycles. The molecule has 0 fully saturated rings.